The second kappa shape index (κ2) is 11.0. The van der Waals surface area contributed by atoms with Crippen LogP contribution in [0.15, 0.2) is 54.9 Å². The summed E-state index contributed by atoms with van der Waals surface area (Å²) in [7, 11) is 0. The van der Waals surface area contributed by atoms with Gasteiger partial charge >= 0.3 is 6.09 Å². The molecule has 188 valence electrons. The molecule has 4 N–H and O–H groups in total. The first-order valence-electron chi connectivity index (χ1n) is 11.4. The molecule has 1 aliphatic rings. The average molecular weight is 538 g/mol. The molecule has 0 spiro atoms. The van der Waals surface area contributed by atoms with E-state index in [1.807, 2.05) is 12.1 Å². The Kier molecular flexibility index (Phi) is 7.37. The highest BCUT2D eigenvalue weighted by Gasteiger charge is 2.23. The van der Waals surface area contributed by atoms with Crippen molar-refractivity contribution >= 4 is 50.8 Å². The van der Waals surface area contributed by atoms with Crippen molar-refractivity contribution in [1.29, 1.82) is 0 Å². The van der Waals surface area contributed by atoms with Crippen molar-refractivity contribution < 1.29 is 19.0 Å². The fourth-order valence-corrected chi connectivity index (χ4v) is 5.07. The fourth-order valence-electron chi connectivity index (χ4n) is 3.91. The highest BCUT2D eigenvalue weighted by Crippen LogP contribution is 2.33. The number of fused-ring (bicyclic) bond motifs is 1. The van der Waals surface area contributed by atoms with E-state index in [2.05, 4.69) is 37.8 Å². The smallest absolute Gasteiger partial charge is 0.404 e. The molecule has 1 aliphatic heterocycles. The molecule has 5 rings (SSSR count). The zero-order chi connectivity index (χ0) is 25.8. The van der Waals surface area contributed by atoms with Crippen LogP contribution in [0.3, 0.4) is 0 Å². The third-order valence-electron chi connectivity index (χ3n) is 5.62. The number of ether oxygens (including phenoxy) is 1. The van der Waals surface area contributed by atoms with Gasteiger partial charge in [0, 0.05) is 18.3 Å². The van der Waals surface area contributed by atoms with Crippen LogP contribution in [0.2, 0.25) is 5.02 Å². The molecule has 0 aliphatic carbocycles. The van der Waals surface area contributed by atoms with E-state index in [4.69, 9.17) is 21.4 Å². The minimum Gasteiger partial charge on any atom is -0.487 e. The number of nitrogens with zero attached hydrogens (tertiary/aromatic N) is 2. The number of rotatable bonds is 6. The summed E-state index contributed by atoms with van der Waals surface area (Å²) in [6.45, 7) is 0.748. The van der Waals surface area contributed by atoms with E-state index in [-0.39, 0.29) is 24.5 Å². The van der Waals surface area contributed by atoms with Crippen LogP contribution in [0.1, 0.15) is 16.9 Å². The number of carbonyl (C=O) groups is 1. The Balaban J connectivity index is 1.27. The minimum absolute atomic E-state index is 0.0884. The van der Waals surface area contributed by atoms with E-state index in [9.17, 15) is 9.18 Å². The maximum atomic E-state index is 13.4. The van der Waals surface area contributed by atoms with Crippen molar-refractivity contribution in [3.63, 3.8) is 0 Å². The molecule has 0 unspecified atom stereocenters. The Bertz CT molecular complexity index is 1520. The molecule has 0 bridgehead atoms. The summed E-state index contributed by atoms with van der Waals surface area (Å²) in [5.41, 5.74) is 2.19. The summed E-state index contributed by atoms with van der Waals surface area (Å²) in [5, 5.41) is 18.2. The summed E-state index contributed by atoms with van der Waals surface area (Å²) >= 11 is 7.89. The third-order valence-corrected chi connectivity index (χ3v) is 6.96. The van der Waals surface area contributed by atoms with Crippen molar-refractivity contribution in [2.24, 2.45) is 0 Å². The van der Waals surface area contributed by atoms with Crippen LogP contribution >= 0.6 is 22.9 Å². The molecule has 1 amide bonds. The normalized spacial score (nSPS) is 16.7. The molecule has 37 heavy (non-hydrogen) atoms. The summed E-state index contributed by atoms with van der Waals surface area (Å²) in [6.07, 6.45) is 1.06. The maximum absolute atomic E-state index is 13.4. The van der Waals surface area contributed by atoms with Crippen molar-refractivity contribution in [2.45, 2.75) is 25.1 Å². The lowest BCUT2D eigenvalue weighted by atomic mass is 10.2. The number of amides is 1. The quantitative estimate of drug-likeness (QED) is 0.252. The van der Waals surface area contributed by atoms with Gasteiger partial charge in [-0.3, -0.25) is 0 Å². The summed E-state index contributed by atoms with van der Waals surface area (Å²) < 4.78 is 20.0. The molecule has 0 saturated carbocycles. The summed E-state index contributed by atoms with van der Waals surface area (Å²) in [4.78, 5) is 20.4. The molecule has 2 aromatic carbocycles. The Hall–Kier alpha value is -3.91. The van der Waals surface area contributed by atoms with Crippen LogP contribution in [0.25, 0.3) is 10.2 Å². The number of anilines is 2. The molecule has 1 fully saturated rings. The third kappa shape index (κ3) is 6.27. The lowest BCUT2D eigenvalue weighted by Crippen LogP contribution is -2.34. The van der Waals surface area contributed by atoms with E-state index in [0.717, 1.165) is 20.8 Å². The molecular formula is C26H21ClFN5O3S. The predicted octanol–water partition coefficient (Wildman–Crippen LogP) is 5.16. The van der Waals surface area contributed by atoms with Gasteiger partial charge < -0.3 is 25.8 Å². The highest BCUT2D eigenvalue weighted by molar-refractivity contribution is 7.20. The van der Waals surface area contributed by atoms with Crippen LogP contribution in [0.5, 0.6) is 5.75 Å². The molecule has 1 saturated heterocycles. The van der Waals surface area contributed by atoms with E-state index in [1.165, 1.54) is 29.8 Å². The number of carboxylic acid groups (broad SMARTS) is 1. The van der Waals surface area contributed by atoms with Crippen molar-refractivity contribution in [3.05, 3.63) is 76.1 Å². The maximum Gasteiger partial charge on any atom is 0.404 e. The molecular weight excluding hydrogens is 517 g/mol. The molecule has 3 heterocycles. The van der Waals surface area contributed by atoms with E-state index < -0.39 is 6.09 Å². The van der Waals surface area contributed by atoms with Gasteiger partial charge in [-0.25, -0.2) is 19.2 Å². The number of nitrogens with one attached hydrogen (secondary N) is 3. The van der Waals surface area contributed by atoms with Gasteiger partial charge in [-0.2, -0.15) is 0 Å². The van der Waals surface area contributed by atoms with E-state index >= 15 is 0 Å². The zero-order valence-corrected chi connectivity index (χ0v) is 20.9. The van der Waals surface area contributed by atoms with Gasteiger partial charge in [0.25, 0.3) is 0 Å². The van der Waals surface area contributed by atoms with Crippen LogP contribution in [-0.4, -0.2) is 39.8 Å². The highest BCUT2D eigenvalue weighted by atomic mass is 35.5. The second-order valence-corrected chi connectivity index (χ2v) is 9.81. The van der Waals surface area contributed by atoms with Crippen LogP contribution < -0.4 is 20.7 Å². The number of hydrogen-bond donors (Lipinski definition) is 4. The topological polar surface area (TPSA) is 108 Å². The fraction of sp³-hybridized carbons (Fsp3) is 0.192. The van der Waals surface area contributed by atoms with Gasteiger partial charge in [0.1, 0.15) is 24.5 Å². The summed E-state index contributed by atoms with van der Waals surface area (Å²) in [5.74, 6) is 7.12. The van der Waals surface area contributed by atoms with Gasteiger partial charge in [0.15, 0.2) is 5.82 Å². The Morgan fingerprint density at radius 3 is 2.97 bits per heavy atom. The first-order chi connectivity index (χ1) is 17.9. The average Bonchev–Trinajstić information content (AvgIpc) is 3.49. The first-order valence-corrected chi connectivity index (χ1v) is 12.5. The number of aromatic nitrogens is 2. The second-order valence-electron chi connectivity index (χ2n) is 8.35. The minimum atomic E-state index is -1.03. The first kappa shape index (κ1) is 24.8. The number of halogens is 2. The molecule has 0 radical (unpaired) electrons. The standard InChI is InChI=1S/C26H21ClFN5O3S/c27-21-10-18(5-7-23(21)36-13-15-2-1-3-16(28)8-15)32-25-24-22(30-14-31-25)11-20(37-24)6-4-17-9-19(12-29-17)33-26(34)35/h1-3,5,7-8,10-11,14,17,19,29,33H,9,12-13H2,(H,34,35)(H,30,31,32)/t17-,19-/m0/s1. The zero-order valence-electron chi connectivity index (χ0n) is 19.3. The molecule has 8 nitrogen and oxygen atoms in total. The van der Waals surface area contributed by atoms with E-state index in [0.29, 0.717) is 35.1 Å². The Morgan fingerprint density at radius 2 is 2.16 bits per heavy atom. The summed E-state index contributed by atoms with van der Waals surface area (Å²) in [6, 6.07) is 13.2. The molecule has 2 atom stereocenters. The molecule has 2 aromatic heterocycles. The lowest BCUT2D eigenvalue weighted by molar-refractivity contribution is 0.190. The van der Waals surface area contributed by atoms with Gasteiger partial charge in [-0.1, -0.05) is 35.6 Å². The predicted molar refractivity (Wildman–Crippen MR) is 141 cm³/mol. The van der Waals surface area contributed by atoms with Gasteiger partial charge in [0.05, 0.1) is 26.2 Å². The Labute approximate surface area is 220 Å². The SMILES string of the molecule is O=C(O)N[C@@H]1CN[C@@H](C#Cc2cc3ncnc(Nc4ccc(OCc5cccc(F)c5)c(Cl)c4)c3s2)C1. The Morgan fingerprint density at radius 1 is 1.27 bits per heavy atom. The van der Waals surface area contributed by atoms with Crippen molar-refractivity contribution in [1.82, 2.24) is 20.6 Å². The number of benzene rings is 2. The lowest BCUT2D eigenvalue weighted by Gasteiger charge is -2.11. The molecule has 4 aromatic rings. The van der Waals surface area contributed by atoms with E-state index in [1.54, 1.807) is 24.3 Å². The van der Waals surface area contributed by atoms with Crippen molar-refractivity contribution in [2.75, 3.05) is 11.9 Å². The van der Waals surface area contributed by atoms with Crippen LogP contribution in [0.4, 0.5) is 20.7 Å². The monoisotopic (exact) mass is 537 g/mol. The number of thiophene rings is 1. The molecule has 11 heteroatoms. The van der Waals surface area contributed by atoms with Crippen LogP contribution in [-0.2, 0) is 6.61 Å². The largest absolute Gasteiger partial charge is 0.487 e. The van der Waals surface area contributed by atoms with Gasteiger partial charge in [-0.15, -0.1) is 11.3 Å². The number of hydrogen-bond acceptors (Lipinski definition) is 7. The van der Waals surface area contributed by atoms with Crippen LogP contribution in [0, 0.1) is 17.7 Å². The van der Waals surface area contributed by atoms with Gasteiger partial charge in [-0.05, 0) is 48.4 Å². The van der Waals surface area contributed by atoms with Crippen molar-refractivity contribution in [3.8, 4) is 17.6 Å². The van der Waals surface area contributed by atoms with Gasteiger partial charge in [0.2, 0.25) is 0 Å².